The van der Waals surface area contributed by atoms with E-state index in [-0.39, 0.29) is 36.8 Å². The molecule has 1 aliphatic heterocycles. The van der Waals surface area contributed by atoms with Gasteiger partial charge < -0.3 is 19.7 Å². The Morgan fingerprint density at radius 2 is 2.03 bits per heavy atom. The molecule has 4 rings (SSSR count). The van der Waals surface area contributed by atoms with Crippen molar-refractivity contribution in [1.82, 2.24) is 0 Å². The summed E-state index contributed by atoms with van der Waals surface area (Å²) >= 11 is 0. The van der Waals surface area contributed by atoms with Gasteiger partial charge in [0.15, 0.2) is 5.78 Å². The number of hydrogen-bond donors (Lipinski definition) is 2. The van der Waals surface area contributed by atoms with Crippen molar-refractivity contribution in [1.29, 1.82) is 0 Å². The molecule has 7 heteroatoms. The van der Waals surface area contributed by atoms with Gasteiger partial charge in [-0.05, 0) is 48.5 Å². The van der Waals surface area contributed by atoms with E-state index in [0.717, 1.165) is 0 Å². The number of rotatable bonds is 2. The highest BCUT2D eigenvalue weighted by Crippen LogP contribution is 2.68. The van der Waals surface area contributed by atoms with Crippen LogP contribution in [-0.2, 0) is 23.9 Å². The molecule has 1 heterocycles. The third-order valence-electron chi connectivity index (χ3n) is 8.33. The topological polar surface area (TPSA) is 110 Å². The Hall–Kier alpha value is -1.73. The number of cyclic esters (lactones) is 1. The lowest BCUT2D eigenvalue weighted by Crippen LogP contribution is -2.71. The number of fused-ring (bicyclic) bond motifs is 2. The number of esters is 2. The molecular weight excluding hydrogens is 376 g/mol. The van der Waals surface area contributed by atoms with Gasteiger partial charge in [0.05, 0.1) is 11.5 Å². The van der Waals surface area contributed by atoms with Gasteiger partial charge in [-0.15, -0.1) is 0 Å². The molecule has 4 fully saturated rings. The zero-order valence-corrected chi connectivity index (χ0v) is 17.3. The van der Waals surface area contributed by atoms with E-state index in [9.17, 15) is 24.6 Å². The quantitative estimate of drug-likeness (QED) is 0.405. The van der Waals surface area contributed by atoms with E-state index in [4.69, 9.17) is 9.47 Å². The molecule has 7 nitrogen and oxygen atoms in total. The molecule has 2 spiro atoms. The zero-order chi connectivity index (χ0) is 21.4. The van der Waals surface area contributed by atoms with Crippen LogP contribution in [0, 0.1) is 34.0 Å². The number of aliphatic hydroxyl groups excluding tert-OH is 2. The molecule has 0 aromatic carbocycles. The van der Waals surface area contributed by atoms with E-state index in [0.29, 0.717) is 24.8 Å². The number of aliphatic hydroxyl groups is 2. The normalized spacial score (nSPS) is 45.7. The van der Waals surface area contributed by atoms with E-state index in [1.807, 2.05) is 13.8 Å². The molecule has 0 radical (unpaired) electrons. The maximum absolute atomic E-state index is 13.3. The van der Waals surface area contributed by atoms with Crippen molar-refractivity contribution < 1.29 is 34.1 Å². The molecular formula is C22H30O7. The van der Waals surface area contributed by atoms with Gasteiger partial charge in [-0.3, -0.25) is 14.4 Å². The minimum Gasteiger partial charge on any atom is -0.464 e. The zero-order valence-electron chi connectivity index (χ0n) is 17.3. The summed E-state index contributed by atoms with van der Waals surface area (Å²) < 4.78 is 11.4. The van der Waals surface area contributed by atoms with Crippen molar-refractivity contribution in [3.63, 3.8) is 0 Å². The second-order valence-electron chi connectivity index (χ2n) is 10.1. The number of allylic oxidation sites excluding steroid dienone is 1. The van der Waals surface area contributed by atoms with Gasteiger partial charge in [0.25, 0.3) is 0 Å². The van der Waals surface area contributed by atoms with Crippen LogP contribution in [0.4, 0.5) is 0 Å². The molecule has 0 amide bonds. The van der Waals surface area contributed by atoms with E-state index in [2.05, 4.69) is 6.58 Å². The third-order valence-corrected chi connectivity index (χ3v) is 8.33. The molecule has 2 N–H and O–H groups in total. The molecule has 0 unspecified atom stereocenters. The van der Waals surface area contributed by atoms with Crippen LogP contribution in [0.15, 0.2) is 12.2 Å². The summed E-state index contributed by atoms with van der Waals surface area (Å²) in [5, 5.41) is 21.7. The van der Waals surface area contributed by atoms with Crippen LogP contribution in [0.2, 0.25) is 0 Å². The van der Waals surface area contributed by atoms with Crippen molar-refractivity contribution in [3.05, 3.63) is 12.2 Å². The fourth-order valence-electron chi connectivity index (χ4n) is 7.15. The van der Waals surface area contributed by atoms with Gasteiger partial charge in [-0.25, -0.2) is 0 Å². The maximum atomic E-state index is 13.3. The van der Waals surface area contributed by atoms with Gasteiger partial charge in [-0.2, -0.15) is 0 Å². The van der Waals surface area contributed by atoms with Crippen molar-refractivity contribution in [2.75, 3.05) is 13.2 Å². The van der Waals surface area contributed by atoms with E-state index in [1.165, 1.54) is 6.92 Å². The molecule has 3 saturated carbocycles. The lowest BCUT2D eigenvalue weighted by Gasteiger charge is -2.63. The summed E-state index contributed by atoms with van der Waals surface area (Å²) in [6.07, 6.45) is 0.193. The summed E-state index contributed by atoms with van der Waals surface area (Å²) in [6, 6.07) is 0. The summed E-state index contributed by atoms with van der Waals surface area (Å²) in [7, 11) is 0. The molecule has 29 heavy (non-hydrogen) atoms. The minimum atomic E-state index is -1.52. The SMILES string of the molecule is C=C1C(=O)[C@]23C[C@H]1C[C@H](O)[C@H]2[C@@]1(COC3=O)[C@@H](OC(C)=O)CCC(C)(C)[C@H]1CO. The average Bonchev–Trinajstić information content (AvgIpc) is 2.83. The summed E-state index contributed by atoms with van der Waals surface area (Å²) in [5.74, 6) is -2.93. The van der Waals surface area contributed by atoms with Crippen molar-refractivity contribution >= 4 is 17.7 Å². The highest BCUT2D eigenvalue weighted by atomic mass is 16.6. The number of ether oxygens (including phenoxy) is 2. The van der Waals surface area contributed by atoms with Crippen LogP contribution in [0.25, 0.3) is 0 Å². The molecule has 4 aliphatic rings. The molecule has 0 aromatic rings. The fraction of sp³-hybridized carbons (Fsp3) is 0.773. The second kappa shape index (κ2) is 6.38. The number of ketones is 1. The van der Waals surface area contributed by atoms with Gasteiger partial charge in [0, 0.05) is 19.4 Å². The standard InChI is InChI=1S/C22H30O7/c1-11-13-7-14(25)17-21(8-13,18(11)26)19(27)28-10-22(17)15(9-23)20(3,4)6-5-16(22)29-12(2)24/h13-17,23,25H,1,5-10H2,2-4H3/t13-,14+,15-,16+,17-,21+,22-/m1/s1. The molecule has 2 bridgehead atoms. The van der Waals surface area contributed by atoms with Crippen LogP contribution in [-0.4, -0.2) is 53.4 Å². The van der Waals surface area contributed by atoms with Crippen LogP contribution < -0.4 is 0 Å². The first-order valence-corrected chi connectivity index (χ1v) is 10.4. The summed E-state index contributed by atoms with van der Waals surface area (Å²) in [6.45, 7) is 8.95. The molecule has 1 saturated heterocycles. The van der Waals surface area contributed by atoms with Crippen molar-refractivity contribution in [2.45, 2.75) is 58.7 Å². The van der Waals surface area contributed by atoms with E-state index < -0.39 is 46.8 Å². The Morgan fingerprint density at radius 3 is 2.66 bits per heavy atom. The Bertz CT molecular complexity index is 786. The Morgan fingerprint density at radius 1 is 1.34 bits per heavy atom. The second-order valence-corrected chi connectivity index (χ2v) is 10.1. The summed E-state index contributed by atoms with van der Waals surface area (Å²) in [5.41, 5.74) is -2.55. The number of carbonyl (C=O) groups is 3. The lowest BCUT2D eigenvalue weighted by atomic mass is 9.43. The minimum absolute atomic E-state index is 0.0909. The number of hydrogen-bond acceptors (Lipinski definition) is 7. The monoisotopic (exact) mass is 406 g/mol. The lowest BCUT2D eigenvalue weighted by molar-refractivity contribution is -0.263. The first-order chi connectivity index (χ1) is 13.5. The Kier molecular flexibility index (Phi) is 4.52. The highest BCUT2D eigenvalue weighted by molar-refractivity contribution is 6.15. The van der Waals surface area contributed by atoms with Gasteiger partial charge in [0.1, 0.15) is 18.1 Å². The first-order valence-electron chi connectivity index (χ1n) is 10.4. The van der Waals surface area contributed by atoms with Crippen molar-refractivity contribution in [2.24, 2.45) is 34.0 Å². The molecule has 3 aliphatic carbocycles. The van der Waals surface area contributed by atoms with E-state index in [1.54, 1.807) is 0 Å². The smallest absolute Gasteiger partial charge is 0.320 e. The van der Waals surface area contributed by atoms with Gasteiger partial charge in [0.2, 0.25) is 0 Å². The fourth-order valence-corrected chi connectivity index (χ4v) is 7.15. The van der Waals surface area contributed by atoms with Gasteiger partial charge >= 0.3 is 11.9 Å². The van der Waals surface area contributed by atoms with Crippen LogP contribution in [0.3, 0.4) is 0 Å². The Labute approximate surface area is 170 Å². The highest BCUT2D eigenvalue weighted by Gasteiger charge is 2.76. The molecule has 160 valence electrons. The number of Topliss-reactive ketones (excluding diaryl/α,β-unsaturated/α-hetero) is 1. The largest absolute Gasteiger partial charge is 0.464 e. The third kappa shape index (κ3) is 2.46. The predicted octanol–water partition coefficient (Wildman–Crippen LogP) is 1.40. The predicted molar refractivity (Wildman–Crippen MR) is 101 cm³/mol. The van der Waals surface area contributed by atoms with Crippen LogP contribution in [0.5, 0.6) is 0 Å². The van der Waals surface area contributed by atoms with Crippen LogP contribution in [0.1, 0.15) is 46.5 Å². The van der Waals surface area contributed by atoms with Crippen LogP contribution >= 0.6 is 0 Å². The molecule has 0 aromatic heterocycles. The van der Waals surface area contributed by atoms with E-state index >= 15 is 0 Å². The average molecular weight is 406 g/mol. The maximum Gasteiger partial charge on any atom is 0.320 e. The molecule has 7 atom stereocenters. The van der Waals surface area contributed by atoms with Crippen molar-refractivity contribution in [3.8, 4) is 0 Å². The Balaban J connectivity index is 1.95. The first kappa shape index (κ1) is 20.5. The van der Waals surface area contributed by atoms with Gasteiger partial charge in [-0.1, -0.05) is 20.4 Å². The summed E-state index contributed by atoms with van der Waals surface area (Å²) in [4.78, 5) is 38.3. The number of carbonyl (C=O) groups excluding carboxylic acids is 3.